The molecule has 0 amide bonds. The first-order valence-corrected chi connectivity index (χ1v) is 6.27. The maximum absolute atomic E-state index is 10.8. The molecule has 0 heterocycles. The molecular weight excluding hydrogens is 212 g/mol. The first-order chi connectivity index (χ1) is 8.25. The van der Waals surface area contributed by atoms with Crippen molar-refractivity contribution in [2.24, 2.45) is 5.92 Å². The third-order valence-corrected chi connectivity index (χ3v) is 3.34. The summed E-state index contributed by atoms with van der Waals surface area (Å²) in [7, 11) is 0. The van der Waals surface area contributed by atoms with Gasteiger partial charge in [-0.2, -0.15) is 0 Å². The van der Waals surface area contributed by atoms with E-state index in [1.165, 1.54) is 32.1 Å². The first kappa shape index (κ1) is 11.9. The molecule has 2 nitrogen and oxygen atoms in total. The van der Waals surface area contributed by atoms with Crippen molar-refractivity contribution in [2.75, 3.05) is 0 Å². The predicted molar refractivity (Wildman–Crippen MR) is 69.0 cm³/mol. The summed E-state index contributed by atoms with van der Waals surface area (Å²) in [6, 6.07) is 7.09. The molecule has 0 unspecified atom stereocenters. The second-order valence-corrected chi connectivity index (χ2v) is 4.69. The third-order valence-electron chi connectivity index (χ3n) is 3.34. The monoisotopic (exact) mass is 230 g/mol. The van der Waals surface area contributed by atoms with Crippen LogP contribution in [-0.2, 0) is 0 Å². The predicted octanol–water partition coefficient (Wildman–Crippen LogP) is 3.98. The molecule has 2 heteroatoms. The SMILES string of the molecule is O=C(O)c1cccc(C=CC2CCCCC2)c1. The lowest BCUT2D eigenvalue weighted by atomic mass is 9.89. The van der Waals surface area contributed by atoms with E-state index in [0.29, 0.717) is 11.5 Å². The highest BCUT2D eigenvalue weighted by atomic mass is 16.4. The van der Waals surface area contributed by atoms with E-state index in [0.717, 1.165) is 5.56 Å². The van der Waals surface area contributed by atoms with Gasteiger partial charge in [-0.15, -0.1) is 0 Å². The van der Waals surface area contributed by atoms with Crippen LogP contribution in [0.4, 0.5) is 0 Å². The Hall–Kier alpha value is -1.57. The van der Waals surface area contributed by atoms with Crippen molar-refractivity contribution in [2.45, 2.75) is 32.1 Å². The van der Waals surface area contributed by atoms with E-state index in [-0.39, 0.29) is 0 Å². The van der Waals surface area contributed by atoms with Gasteiger partial charge in [-0.1, -0.05) is 43.5 Å². The van der Waals surface area contributed by atoms with Crippen LogP contribution in [0.25, 0.3) is 6.08 Å². The highest BCUT2D eigenvalue weighted by Crippen LogP contribution is 2.25. The van der Waals surface area contributed by atoms with Crippen molar-refractivity contribution in [3.8, 4) is 0 Å². The number of benzene rings is 1. The molecule has 1 N–H and O–H groups in total. The second kappa shape index (κ2) is 5.67. The molecule has 1 fully saturated rings. The van der Waals surface area contributed by atoms with Crippen molar-refractivity contribution in [3.63, 3.8) is 0 Å². The van der Waals surface area contributed by atoms with E-state index in [1.54, 1.807) is 18.2 Å². The highest BCUT2D eigenvalue weighted by molar-refractivity contribution is 5.88. The van der Waals surface area contributed by atoms with Gasteiger partial charge in [-0.3, -0.25) is 0 Å². The van der Waals surface area contributed by atoms with E-state index in [4.69, 9.17) is 5.11 Å². The smallest absolute Gasteiger partial charge is 0.335 e. The van der Waals surface area contributed by atoms with Crippen molar-refractivity contribution >= 4 is 12.0 Å². The van der Waals surface area contributed by atoms with Crippen molar-refractivity contribution < 1.29 is 9.90 Å². The minimum atomic E-state index is -0.863. The fourth-order valence-electron chi connectivity index (χ4n) is 2.35. The fourth-order valence-corrected chi connectivity index (χ4v) is 2.35. The van der Waals surface area contributed by atoms with Crippen LogP contribution in [0, 0.1) is 5.92 Å². The number of carboxylic acid groups (broad SMARTS) is 1. The van der Waals surface area contributed by atoms with Crippen LogP contribution < -0.4 is 0 Å². The standard InChI is InChI=1S/C15H18O2/c16-15(17)14-8-4-7-13(11-14)10-9-12-5-2-1-3-6-12/h4,7-12H,1-3,5-6H2,(H,16,17). The Bertz CT molecular complexity index is 415. The molecule has 0 spiro atoms. The van der Waals surface area contributed by atoms with E-state index >= 15 is 0 Å². The molecule has 1 aromatic rings. The largest absolute Gasteiger partial charge is 0.478 e. The van der Waals surface area contributed by atoms with Gasteiger partial charge in [0.25, 0.3) is 0 Å². The van der Waals surface area contributed by atoms with Crippen LogP contribution in [-0.4, -0.2) is 11.1 Å². The van der Waals surface area contributed by atoms with E-state index in [1.807, 2.05) is 6.07 Å². The zero-order valence-electron chi connectivity index (χ0n) is 9.93. The van der Waals surface area contributed by atoms with Gasteiger partial charge in [0.05, 0.1) is 5.56 Å². The Morgan fingerprint density at radius 3 is 2.71 bits per heavy atom. The van der Waals surface area contributed by atoms with Crippen molar-refractivity contribution in [1.82, 2.24) is 0 Å². The van der Waals surface area contributed by atoms with E-state index < -0.39 is 5.97 Å². The molecule has 17 heavy (non-hydrogen) atoms. The van der Waals surface area contributed by atoms with Crippen LogP contribution in [0.2, 0.25) is 0 Å². The fraction of sp³-hybridized carbons (Fsp3) is 0.400. The van der Waals surface area contributed by atoms with Gasteiger partial charge in [0.2, 0.25) is 0 Å². The lowest BCUT2D eigenvalue weighted by Gasteiger charge is -2.17. The minimum absolute atomic E-state index is 0.357. The number of carbonyl (C=O) groups is 1. The van der Waals surface area contributed by atoms with Crippen molar-refractivity contribution in [1.29, 1.82) is 0 Å². The zero-order valence-corrected chi connectivity index (χ0v) is 9.93. The molecule has 0 atom stereocenters. The molecular formula is C15H18O2. The molecule has 90 valence electrons. The molecule has 1 aromatic carbocycles. The Morgan fingerprint density at radius 2 is 2.00 bits per heavy atom. The summed E-state index contributed by atoms with van der Waals surface area (Å²) in [6.07, 6.45) is 10.8. The van der Waals surface area contributed by atoms with Gasteiger partial charge in [0.1, 0.15) is 0 Å². The molecule has 2 rings (SSSR count). The third kappa shape index (κ3) is 3.45. The van der Waals surface area contributed by atoms with Gasteiger partial charge in [-0.05, 0) is 36.5 Å². The first-order valence-electron chi connectivity index (χ1n) is 6.27. The zero-order chi connectivity index (χ0) is 12.1. The lowest BCUT2D eigenvalue weighted by Crippen LogP contribution is -2.02. The Morgan fingerprint density at radius 1 is 1.24 bits per heavy atom. The van der Waals surface area contributed by atoms with Crippen LogP contribution in [0.5, 0.6) is 0 Å². The van der Waals surface area contributed by atoms with Crippen LogP contribution in [0.15, 0.2) is 30.3 Å². The summed E-state index contributed by atoms with van der Waals surface area (Å²) < 4.78 is 0. The normalized spacial score (nSPS) is 17.4. The molecule has 1 aliphatic carbocycles. The summed E-state index contributed by atoms with van der Waals surface area (Å²) in [6.45, 7) is 0. The summed E-state index contributed by atoms with van der Waals surface area (Å²) in [5.41, 5.74) is 1.34. The molecule has 0 aliphatic heterocycles. The summed E-state index contributed by atoms with van der Waals surface area (Å²) in [5.74, 6) is -0.185. The molecule has 0 saturated heterocycles. The number of aromatic carboxylic acids is 1. The van der Waals surface area contributed by atoms with Crippen LogP contribution in [0.1, 0.15) is 48.0 Å². The summed E-state index contributed by atoms with van der Waals surface area (Å²) in [5, 5.41) is 8.90. The van der Waals surface area contributed by atoms with E-state index in [9.17, 15) is 4.79 Å². The number of rotatable bonds is 3. The lowest BCUT2D eigenvalue weighted by molar-refractivity contribution is 0.0697. The summed E-state index contributed by atoms with van der Waals surface area (Å²) >= 11 is 0. The number of allylic oxidation sites excluding steroid dienone is 1. The molecule has 1 aliphatic rings. The topological polar surface area (TPSA) is 37.3 Å². The molecule has 0 bridgehead atoms. The van der Waals surface area contributed by atoms with Gasteiger partial charge in [0.15, 0.2) is 0 Å². The Kier molecular flexibility index (Phi) is 3.97. The number of hydrogen-bond acceptors (Lipinski definition) is 1. The maximum Gasteiger partial charge on any atom is 0.335 e. The summed E-state index contributed by atoms with van der Waals surface area (Å²) in [4.78, 5) is 10.8. The van der Waals surface area contributed by atoms with Crippen LogP contribution in [0.3, 0.4) is 0 Å². The number of hydrogen-bond donors (Lipinski definition) is 1. The quantitative estimate of drug-likeness (QED) is 0.852. The van der Waals surface area contributed by atoms with Crippen LogP contribution >= 0.6 is 0 Å². The molecule has 1 saturated carbocycles. The average Bonchev–Trinajstić information content (AvgIpc) is 2.38. The molecule has 0 aromatic heterocycles. The molecule has 0 radical (unpaired) electrons. The minimum Gasteiger partial charge on any atom is -0.478 e. The van der Waals surface area contributed by atoms with Crippen molar-refractivity contribution in [3.05, 3.63) is 41.5 Å². The van der Waals surface area contributed by atoms with Gasteiger partial charge >= 0.3 is 5.97 Å². The average molecular weight is 230 g/mol. The maximum atomic E-state index is 10.8. The second-order valence-electron chi connectivity index (χ2n) is 4.69. The Labute approximate surface area is 102 Å². The Balaban J connectivity index is 2.04. The van der Waals surface area contributed by atoms with Gasteiger partial charge in [0, 0.05) is 0 Å². The number of carboxylic acids is 1. The van der Waals surface area contributed by atoms with Gasteiger partial charge < -0.3 is 5.11 Å². The van der Waals surface area contributed by atoms with Gasteiger partial charge in [-0.25, -0.2) is 4.79 Å². The van der Waals surface area contributed by atoms with E-state index in [2.05, 4.69) is 12.2 Å². The highest BCUT2D eigenvalue weighted by Gasteiger charge is 2.09.